The van der Waals surface area contributed by atoms with Gasteiger partial charge < -0.3 is 5.11 Å². The van der Waals surface area contributed by atoms with Crippen molar-refractivity contribution in [2.45, 2.75) is 5.50 Å². The Hall–Kier alpha value is 0.500. The van der Waals surface area contributed by atoms with Crippen LogP contribution in [0.15, 0.2) is 0 Å². The number of alkyl halides is 2. The summed E-state index contributed by atoms with van der Waals surface area (Å²) >= 11 is 10.6. The van der Waals surface area contributed by atoms with Crippen LogP contribution in [0.2, 0.25) is 0 Å². The smallest absolute Gasteiger partial charge is 0.0979 e. The van der Waals surface area contributed by atoms with Gasteiger partial charge >= 0.3 is 0 Å². The zero-order valence-electron chi connectivity index (χ0n) is 3.69. The molecule has 7 heavy (non-hydrogen) atoms. The Labute approximate surface area is 52.4 Å². The Morgan fingerprint density at radius 1 is 1.71 bits per heavy atom. The highest BCUT2D eigenvalue weighted by molar-refractivity contribution is 6.27. The quantitative estimate of drug-likeness (QED) is 0.340. The van der Waals surface area contributed by atoms with Gasteiger partial charge in [0.25, 0.3) is 0 Å². The van der Waals surface area contributed by atoms with Crippen LogP contribution in [0.1, 0.15) is 0 Å². The maximum atomic E-state index is 8.11. The van der Waals surface area contributed by atoms with Gasteiger partial charge in [-0.15, -0.1) is 23.2 Å². The average Bonchev–Trinajstić information content (AvgIpc) is 1.68. The highest BCUT2D eigenvalue weighted by atomic mass is 35.5. The van der Waals surface area contributed by atoms with Gasteiger partial charge in [-0.05, 0) is 0 Å². The summed E-state index contributed by atoms with van der Waals surface area (Å²) in [5.74, 6) is 0.308. The number of nitrogens with one attached hydrogen (secondary N) is 1. The Morgan fingerprint density at radius 2 is 2.29 bits per heavy atom. The highest BCUT2D eigenvalue weighted by Gasteiger charge is 1.95. The lowest BCUT2D eigenvalue weighted by Crippen LogP contribution is -2.25. The zero-order valence-corrected chi connectivity index (χ0v) is 5.21. The molecule has 4 heteroatoms. The van der Waals surface area contributed by atoms with Crippen molar-refractivity contribution >= 4 is 23.2 Å². The largest absolute Gasteiger partial charge is 0.381 e. The molecule has 0 rings (SSSR count). The van der Waals surface area contributed by atoms with Crippen LogP contribution in [0.25, 0.3) is 0 Å². The van der Waals surface area contributed by atoms with E-state index >= 15 is 0 Å². The molecule has 1 unspecified atom stereocenters. The Bertz CT molecular complexity index is 43.9. The summed E-state index contributed by atoms with van der Waals surface area (Å²) in [6, 6.07) is 0. The van der Waals surface area contributed by atoms with E-state index in [4.69, 9.17) is 28.3 Å². The van der Waals surface area contributed by atoms with Crippen LogP contribution in [0.5, 0.6) is 0 Å². The molecule has 0 fully saturated rings. The van der Waals surface area contributed by atoms with Crippen LogP contribution >= 0.6 is 23.2 Å². The van der Waals surface area contributed by atoms with Crippen LogP contribution < -0.4 is 5.32 Å². The SMILES string of the molecule is OCNC(Cl)CCl. The zero-order chi connectivity index (χ0) is 5.70. The summed E-state index contributed by atoms with van der Waals surface area (Å²) in [7, 11) is 0. The summed E-state index contributed by atoms with van der Waals surface area (Å²) in [5, 5.41) is 10.6. The molecular weight excluding hydrogens is 137 g/mol. The van der Waals surface area contributed by atoms with Crippen LogP contribution in [0.3, 0.4) is 0 Å². The van der Waals surface area contributed by atoms with E-state index in [-0.39, 0.29) is 12.2 Å². The van der Waals surface area contributed by atoms with Crippen molar-refractivity contribution in [3.05, 3.63) is 0 Å². The number of hydrogen-bond donors (Lipinski definition) is 2. The molecule has 0 saturated heterocycles. The average molecular weight is 144 g/mol. The fourth-order valence-corrected chi connectivity index (χ4v) is 0.332. The summed E-state index contributed by atoms with van der Waals surface area (Å²) in [5.41, 5.74) is -0.313. The van der Waals surface area contributed by atoms with Crippen molar-refractivity contribution in [1.29, 1.82) is 0 Å². The summed E-state index contributed by atoms with van der Waals surface area (Å²) in [4.78, 5) is 0. The molecule has 0 saturated carbocycles. The second kappa shape index (κ2) is 4.65. The molecule has 0 aliphatic heterocycles. The molecular formula is C3H7Cl2NO. The van der Waals surface area contributed by atoms with Crippen molar-refractivity contribution in [2.24, 2.45) is 0 Å². The third-order valence-electron chi connectivity index (χ3n) is 0.448. The molecule has 0 spiro atoms. The van der Waals surface area contributed by atoms with Crippen molar-refractivity contribution in [2.75, 3.05) is 12.6 Å². The maximum absolute atomic E-state index is 8.11. The molecule has 0 amide bonds. The summed E-state index contributed by atoms with van der Waals surface area (Å²) in [6.45, 7) is -0.124. The first kappa shape index (κ1) is 7.50. The third-order valence-corrected chi connectivity index (χ3v) is 1.22. The fraction of sp³-hybridized carbons (Fsp3) is 1.00. The minimum Gasteiger partial charge on any atom is -0.381 e. The van der Waals surface area contributed by atoms with Gasteiger partial charge in [0.2, 0.25) is 0 Å². The van der Waals surface area contributed by atoms with E-state index in [0.29, 0.717) is 5.88 Å². The van der Waals surface area contributed by atoms with Gasteiger partial charge in [0.05, 0.1) is 18.1 Å². The summed E-state index contributed by atoms with van der Waals surface area (Å²) < 4.78 is 0. The third kappa shape index (κ3) is 4.35. The molecule has 0 aliphatic carbocycles. The normalized spacial score (nSPS) is 14.1. The molecule has 2 nitrogen and oxygen atoms in total. The predicted molar refractivity (Wildman–Crippen MR) is 30.6 cm³/mol. The predicted octanol–water partition coefficient (Wildman–Crippen LogP) is 0.330. The standard InChI is InChI=1S/C3H7Cl2NO/c4-1-3(5)6-2-7/h3,6-7H,1-2H2. The highest BCUT2D eigenvalue weighted by Crippen LogP contribution is 1.90. The van der Waals surface area contributed by atoms with Gasteiger partial charge in [-0.2, -0.15) is 0 Å². The van der Waals surface area contributed by atoms with Crippen molar-refractivity contribution in [1.82, 2.24) is 5.32 Å². The topological polar surface area (TPSA) is 32.3 Å². The number of hydrogen-bond acceptors (Lipinski definition) is 2. The van der Waals surface area contributed by atoms with Crippen molar-refractivity contribution < 1.29 is 5.11 Å². The van der Waals surface area contributed by atoms with E-state index in [2.05, 4.69) is 5.32 Å². The maximum Gasteiger partial charge on any atom is 0.0979 e. The van der Waals surface area contributed by atoms with E-state index in [9.17, 15) is 0 Å². The lowest BCUT2D eigenvalue weighted by molar-refractivity contribution is 0.259. The van der Waals surface area contributed by atoms with E-state index < -0.39 is 0 Å². The molecule has 0 aromatic heterocycles. The molecule has 0 aliphatic rings. The van der Waals surface area contributed by atoms with Crippen molar-refractivity contribution in [3.8, 4) is 0 Å². The van der Waals surface area contributed by atoms with Crippen molar-refractivity contribution in [3.63, 3.8) is 0 Å². The second-order valence-corrected chi connectivity index (χ2v) is 1.82. The Morgan fingerprint density at radius 3 is 2.43 bits per heavy atom. The number of halogens is 2. The van der Waals surface area contributed by atoms with Crippen LogP contribution in [-0.4, -0.2) is 23.2 Å². The minimum atomic E-state index is -0.313. The Balaban J connectivity index is 2.83. The number of aliphatic hydroxyl groups excluding tert-OH is 1. The molecule has 2 N–H and O–H groups in total. The first-order valence-electron chi connectivity index (χ1n) is 1.85. The molecule has 0 heterocycles. The first-order chi connectivity index (χ1) is 3.31. The fourth-order valence-electron chi connectivity index (χ4n) is 0.154. The summed E-state index contributed by atoms with van der Waals surface area (Å²) in [6.07, 6.45) is 0. The van der Waals surface area contributed by atoms with Gasteiger partial charge in [0.1, 0.15) is 0 Å². The lowest BCUT2D eigenvalue weighted by atomic mass is 10.7. The monoisotopic (exact) mass is 143 g/mol. The van der Waals surface area contributed by atoms with E-state index in [0.717, 1.165) is 0 Å². The lowest BCUT2D eigenvalue weighted by Gasteiger charge is -2.01. The molecule has 0 bridgehead atoms. The van der Waals surface area contributed by atoms with Gasteiger partial charge in [-0.3, -0.25) is 5.32 Å². The van der Waals surface area contributed by atoms with E-state index in [1.165, 1.54) is 0 Å². The van der Waals surface area contributed by atoms with Crippen LogP contribution in [0.4, 0.5) is 0 Å². The Kier molecular flexibility index (Phi) is 4.99. The molecule has 0 aromatic carbocycles. The first-order valence-corrected chi connectivity index (χ1v) is 2.82. The van der Waals surface area contributed by atoms with E-state index in [1.54, 1.807) is 0 Å². The molecule has 0 aromatic rings. The van der Waals surface area contributed by atoms with Gasteiger partial charge in [-0.1, -0.05) is 0 Å². The minimum absolute atomic E-state index is 0.124. The van der Waals surface area contributed by atoms with Crippen LogP contribution in [-0.2, 0) is 0 Å². The molecule has 44 valence electrons. The molecule has 0 radical (unpaired) electrons. The second-order valence-electron chi connectivity index (χ2n) is 0.984. The molecule has 1 atom stereocenters. The van der Waals surface area contributed by atoms with Crippen LogP contribution in [0, 0.1) is 0 Å². The van der Waals surface area contributed by atoms with E-state index in [1.807, 2.05) is 0 Å². The van der Waals surface area contributed by atoms with Gasteiger partial charge in [-0.25, -0.2) is 0 Å². The number of aliphatic hydroxyl groups is 1. The van der Waals surface area contributed by atoms with Gasteiger partial charge in [0, 0.05) is 0 Å². The van der Waals surface area contributed by atoms with Gasteiger partial charge in [0.15, 0.2) is 0 Å². The number of rotatable bonds is 3.